The summed E-state index contributed by atoms with van der Waals surface area (Å²) in [4.78, 5) is 8.23. The first-order valence-electron chi connectivity index (χ1n) is 5.95. The minimum absolute atomic E-state index is 0.452. The summed E-state index contributed by atoms with van der Waals surface area (Å²) in [5.41, 5.74) is -0.0364. The molecule has 0 aliphatic carbocycles. The molecule has 0 spiro atoms. The van der Waals surface area contributed by atoms with E-state index in [0.29, 0.717) is 44.1 Å². The molecule has 3 rings (SSSR count). The molecule has 7 heteroatoms. The molecular weight excluding hydrogens is 234 g/mol. The number of nitrogens with one attached hydrogen (secondary N) is 2. The van der Waals surface area contributed by atoms with Crippen molar-refractivity contribution in [3.8, 4) is 0 Å². The molecule has 1 aliphatic heterocycles. The molecule has 0 amide bonds. The number of nitrogens with zero attached hydrogens (tertiary/aromatic N) is 3. The number of anilines is 1. The summed E-state index contributed by atoms with van der Waals surface area (Å²) in [6.45, 7) is 1.65. The molecule has 1 fully saturated rings. The van der Waals surface area contributed by atoms with Gasteiger partial charge in [-0.15, -0.1) is 0 Å². The molecule has 0 saturated carbocycles. The number of ether oxygens (including phenoxy) is 1. The molecule has 1 saturated heterocycles. The Morgan fingerprint density at radius 3 is 3.06 bits per heavy atom. The maximum absolute atomic E-state index is 10.3. The largest absolute Gasteiger partial charge is 0.388 e. The Hall–Kier alpha value is -1.73. The molecule has 0 atom stereocenters. The van der Waals surface area contributed by atoms with Gasteiger partial charge >= 0.3 is 0 Å². The number of aliphatic hydroxyl groups is 1. The zero-order valence-electron chi connectivity index (χ0n) is 9.89. The van der Waals surface area contributed by atoms with Crippen LogP contribution in [0.1, 0.15) is 12.8 Å². The third kappa shape index (κ3) is 2.14. The Bertz CT molecular complexity index is 535. The highest BCUT2D eigenvalue weighted by atomic mass is 16.5. The van der Waals surface area contributed by atoms with Crippen LogP contribution >= 0.6 is 0 Å². The monoisotopic (exact) mass is 249 g/mol. The highest BCUT2D eigenvalue weighted by Crippen LogP contribution is 2.22. The summed E-state index contributed by atoms with van der Waals surface area (Å²) in [6.07, 6.45) is 4.42. The Morgan fingerprint density at radius 1 is 1.39 bits per heavy atom. The molecule has 0 bridgehead atoms. The third-order valence-corrected chi connectivity index (χ3v) is 3.26. The third-order valence-electron chi connectivity index (χ3n) is 3.26. The zero-order valence-corrected chi connectivity index (χ0v) is 9.89. The fourth-order valence-electron chi connectivity index (χ4n) is 2.08. The van der Waals surface area contributed by atoms with E-state index < -0.39 is 5.60 Å². The van der Waals surface area contributed by atoms with Crippen molar-refractivity contribution in [1.82, 2.24) is 20.2 Å². The minimum Gasteiger partial charge on any atom is -0.388 e. The predicted molar refractivity (Wildman–Crippen MR) is 65.2 cm³/mol. The fraction of sp³-hybridized carbons (Fsp3) is 0.545. The van der Waals surface area contributed by atoms with E-state index in [9.17, 15) is 5.11 Å². The Labute approximate surface area is 104 Å². The molecule has 2 aromatic heterocycles. The average Bonchev–Trinajstić information content (AvgIpc) is 2.86. The van der Waals surface area contributed by atoms with Crippen LogP contribution in [0, 0.1) is 0 Å². The van der Waals surface area contributed by atoms with Gasteiger partial charge in [-0.3, -0.25) is 5.10 Å². The molecule has 96 valence electrons. The lowest BCUT2D eigenvalue weighted by atomic mass is 9.94. The highest BCUT2D eigenvalue weighted by Gasteiger charge is 2.29. The second-order valence-electron chi connectivity index (χ2n) is 4.54. The molecule has 0 aromatic carbocycles. The second kappa shape index (κ2) is 4.51. The number of aromatic nitrogens is 4. The van der Waals surface area contributed by atoms with Gasteiger partial charge < -0.3 is 15.2 Å². The summed E-state index contributed by atoms with van der Waals surface area (Å²) in [5.74, 6) is 0.689. The van der Waals surface area contributed by atoms with Crippen LogP contribution < -0.4 is 5.32 Å². The summed E-state index contributed by atoms with van der Waals surface area (Å²) < 4.78 is 5.25. The number of fused-ring (bicyclic) bond motifs is 1. The molecule has 3 N–H and O–H groups in total. The van der Waals surface area contributed by atoms with E-state index in [1.165, 1.54) is 6.33 Å². The van der Waals surface area contributed by atoms with E-state index in [4.69, 9.17) is 4.74 Å². The lowest BCUT2D eigenvalue weighted by Crippen LogP contribution is -2.42. The first-order valence-corrected chi connectivity index (χ1v) is 5.95. The summed E-state index contributed by atoms with van der Waals surface area (Å²) in [7, 11) is 0. The normalized spacial score (nSPS) is 18.9. The lowest BCUT2D eigenvalue weighted by molar-refractivity contribution is -0.0543. The van der Waals surface area contributed by atoms with Crippen LogP contribution in [0.2, 0.25) is 0 Å². The van der Waals surface area contributed by atoms with Gasteiger partial charge in [0.15, 0.2) is 5.65 Å². The Kier molecular flexibility index (Phi) is 2.85. The van der Waals surface area contributed by atoms with Gasteiger partial charge in [-0.1, -0.05) is 0 Å². The predicted octanol–water partition coefficient (Wildman–Crippen LogP) is 0.306. The van der Waals surface area contributed by atoms with E-state index in [-0.39, 0.29) is 0 Å². The standard InChI is InChI=1S/C11H15N5O2/c17-11(1-3-18-4-2-11)6-12-9-8-5-15-16-10(8)14-7-13-9/h5,7,17H,1-4,6H2,(H2,12,13,14,15,16). The number of hydrogen-bond donors (Lipinski definition) is 3. The van der Waals surface area contributed by atoms with Gasteiger partial charge in [-0.05, 0) is 0 Å². The summed E-state index contributed by atoms with van der Waals surface area (Å²) in [6, 6.07) is 0. The average molecular weight is 249 g/mol. The van der Waals surface area contributed by atoms with Gasteiger partial charge in [-0.25, -0.2) is 9.97 Å². The van der Waals surface area contributed by atoms with Crippen molar-refractivity contribution in [2.24, 2.45) is 0 Å². The van der Waals surface area contributed by atoms with Crippen LogP contribution in [-0.4, -0.2) is 50.6 Å². The zero-order chi connectivity index (χ0) is 12.4. The van der Waals surface area contributed by atoms with Crippen molar-refractivity contribution >= 4 is 16.9 Å². The van der Waals surface area contributed by atoms with Gasteiger partial charge in [0.2, 0.25) is 0 Å². The lowest BCUT2D eigenvalue weighted by Gasteiger charge is -2.32. The van der Waals surface area contributed by atoms with Crippen molar-refractivity contribution in [3.63, 3.8) is 0 Å². The van der Waals surface area contributed by atoms with E-state index in [2.05, 4.69) is 25.5 Å². The summed E-state index contributed by atoms with van der Waals surface area (Å²) in [5, 5.41) is 21.0. The van der Waals surface area contributed by atoms with Crippen molar-refractivity contribution < 1.29 is 9.84 Å². The summed E-state index contributed by atoms with van der Waals surface area (Å²) >= 11 is 0. The van der Waals surface area contributed by atoms with Crippen molar-refractivity contribution in [1.29, 1.82) is 0 Å². The van der Waals surface area contributed by atoms with Gasteiger partial charge in [0.25, 0.3) is 0 Å². The highest BCUT2D eigenvalue weighted by molar-refractivity contribution is 5.85. The topological polar surface area (TPSA) is 96.0 Å². The van der Waals surface area contributed by atoms with Crippen molar-refractivity contribution in [2.45, 2.75) is 18.4 Å². The molecule has 2 aromatic rings. The van der Waals surface area contributed by atoms with Crippen LogP contribution in [-0.2, 0) is 4.74 Å². The Morgan fingerprint density at radius 2 is 2.22 bits per heavy atom. The first kappa shape index (κ1) is 11.4. The van der Waals surface area contributed by atoms with Crippen molar-refractivity contribution in [3.05, 3.63) is 12.5 Å². The van der Waals surface area contributed by atoms with Gasteiger partial charge in [0, 0.05) is 32.6 Å². The number of H-pyrrole nitrogens is 1. The minimum atomic E-state index is -0.723. The van der Waals surface area contributed by atoms with Crippen LogP contribution in [0.25, 0.3) is 11.0 Å². The molecule has 7 nitrogen and oxygen atoms in total. The Balaban J connectivity index is 1.74. The van der Waals surface area contributed by atoms with E-state index >= 15 is 0 Å². The van der Waals surface area contributed by atoms with Gasteiger partial charge in [-0.2, -0.15) is 5.10 Å². The van der Waals surface area contributed by atoms with Crippen LogP contribution in [0.15, 0.2) is 12.5 Å². The van der Waals surface area contributed by atoms with Gasteiger partial charge in [0.05, 0.1) is 17.2 Å². The fourth-order valence-corrected chi connectivity index (χ4v) is 2.08. The maximum atomic E-state index is 10.3. The SMILES string of the molecule is OC1(CNc2ncnc3[nH]ncc23)CCOCC1. The quantitative estimate of drug-likeness (QED) is 0.724. The van der Waals surface area contributed by atoms with E-state index in [0.717, 1.165) is 5.39 Å². The van der Waals surface area contributed by atoms with Crippen molar-refractivity contribution in [2.75, 3.05) is 25.1 Å². The molecule has 0 radical (unpaired) electrons. The number of rotatable bonds is 3. The van der Waals surface area contributed by atoms with Crippen LogP contribution in [0.4, 0.5) is 5.82 Å². The first-order chi connectivity index (χ1) is 8.77. The number of hydrogen-bond acceptors (Lipinski definition) is 6. The second-order valence-corrected chi connectivity index (χ2v) is 4.54. The maximum Gasteiger partial charge on any atom is 0.160 e. The van der Waals surface area contributed by atoms with Crippen LogP contribution in [0.3, 0.4) is 0 Å². The molecular formula is C11H15N5O2. The molecule has 3 heterocycles. The molecule has 1 aliphatic rings. The van der Waals surface area contributed by atoms with Crippen LogP contribution in [0.5, 0.6) is 0 Å². The smallest absolute Gasteiger partial charge is 0.160 e. The van der Waals surface area contributed by atoms with Gasteiger partial charge in [0.1, 0.15) is 12.1 Å². The number of aromatic amines is 1. The van der Waals surface area contributed by atoms with E-state index in [1.807, 2.05) is 0 Å². The van der Waals surface area contributed by atoms with E-state index in [1.54, 1.807) is 6.20 Å². The molecule has 18 heavy (non-hydrogen) atoms. The molecule has 0 unspecified atom stereocenters.